The number of aromatic nitrogens is 1. The molecule has 0 atom stereocenters. The van der Waals surface area contributed by atoms with Crippen LogP contribution in [0.2, 0.25) is 0 Å². The van der Waals surface area contributed by atoms with Crippen LogP contribution in [0.5, 0.6) is 0 Å². The molecule has 88 valence electrons. The molecule has 0 bridgehead atoms. The molecule has 0 N–H and O–H groups in total. The first-order valence-corrected chi connectivity index (χ1v) is 6.88. The molecule has 0 amide bonds. The van der Waals surface area contributed by atoms with Crippen LogP contribution < -0.4 is 0 Å². The molecule has 0 radical (unpaired) electrons. The third-order valence-electron chi connectivity index (χ3n) is 2.32. The van der Waals surface area contributed by atoms with E-state index < -0.39 is 0 Å². The van der Waals surface area contributed by atoms with E-state index in [1.54, 1.807) is 23.7 Å². The highest BCUT2D eigenvalue weighted by atomic mass is 32.1. The van der Waals surface area contributed by atoms with Gasteiger partial charge in [0, 0.05) is 23.8 Å². The highest BCUT2D eigenvalue weighted by Crippen LogP contribution is 2.15. The smallest absolute Gasteiger partial charge is 0.133 e. The van der Waals surface area contributed by atoms with Gasteiger partial charge in [-0.05, 0) is 29.1 Å². The van der Waals surface area contributed by atoms with Gasteiger partial charge in [0.15, 0.2) is 0 Å². The maximum atomic E-state index is 5.17. The quantitative estimate of drug-likeness (QED) is 0.683. The van der Waals surface area contributed by atoms with E-state index in [1.807, 2.05) is 18.2 Å². The Labute approximate surface area is 116 Å². The molecule has 2 heterocycles. The number of thiophene rings is 1. The minimum Gasteiger partial charge on any atom is -0.348 e. The van der Waals surface area contributed by atoms with Gasteiger partial charge in [-0.2, -0.15) is 0 Å². The number of thiol groups is 1. The third kappa shape index (κ3) is 3.80. The topological polar surface area (TPSA) is 16.1 Å². The highest BCUT2D eigenvalue weighted by molar-refractivity contribution is 8.10. The van der Waals surface area contributed by atoms with Gasteiger partial charge in [0.1, 0.15) is 4.32 Å². The van der Waals surface area contributed by atoms with Crippen LogP contribution in [0, 0.1) is 0 Å². The van der Waals surface area contributed by atoms with Gasteiger partial charge in [-0.1, -0.05) is 18.3 Å². The van der Waals surface area contributed by atoms with Gasteiger partial charge in [0.2, 0.25) is 0 Å². The first kappa shape index (κ1) is 12.5. The van der Waals surface area contributed by atoms with Gasteiger partial charge >= 0.3 is 0 Å². The molecule has 2 nitrogen and oxygen atoms in total. The van der Waals surface area contributed by atoms with Crippen LogP contribution >= 0.6 is 36.2 Å². The molecule has 0 spiro atoms. The van der Waals surface area contributed by atoms with Crippen molar-refractivity contribution in [3.05, 3.63) is 52.5 Å². The van der Waals surface area contributed by atoms with Crippen LogP contribution in [0.1, 0.15) is 10.4 Å². The summed E-state index contributed by atoms with van der Waals surface area (Å²) in [6.07, 6.45) is 3.58. The normalized spacial score (nSPS) is 10.2. The van der Waals surface area contributed by atoms with Crippen molar-refractivity contribution in [2.75, 3.05) is 0 Å². The van der Waals surface area contributed by atoms with Crippen LogP contribution in [0.4, 0.5) is 0 Å². The van der Waals surface area contributed by atoms with Crippen molar-refractivity contribution >= 4 is 40.5 Å². The highest BCUT2D eigenvalue weighted by Gasteiger charge is 2.08. The van der Waals surface area contributed by atoms with Gasteiger partial charge in [-0.25, -0.2) is 0 Å². The summed E-state index contributed by atoms with van der Waals surface area (Å²) >= 11 is 11.2. The first-order chi connectivity index (χ1) is 8.25. The van der Waals surface area contributed by atoms with Crippen LogP contribution in [-0.4, -0.2) is 14.2 Å². The molecule has 2 rings (SSSR count). The predicted molar refractivity (Wildman–Crippen MR) is 79.4 cm³/mol. The Morgan fingerprint density at radius 2 is 2.06 bits per heavy atom. The summed E-state index contributed by atoms with van der Waals surface area (Å²) < 4.78 is 0.621. The molecule has 0 unspecified atom stereocenters. The van der Waals surface area contributed by atoms with Crippen molar-refractivity contribution in [1.29, 1.82) is 0 Å². The second-order valence-electron chi connectivity index (χ2n) is 3.57. The van der Waals surface area contributed by atoms with Gasteiger partial charge in [-0.3, -0.25) is 4.98 Å². The van der Waals surface area contributed by atoms with Crippen molar-refractivity contribution < 1.29 is 0 Å². The Kier molecular flexibility index (Phi) is 4.53. The maximum Gasteiger partial charge on any atom is 0.133 e. The Balaban J connectivity index is 2.06. The Morgan fingerprint density at radius 3 is 2.65 bits per heavy atom. The fraction of sp³-hybridized carbons (Fsp3) is 0.167. The summed E-state index contributed by atoms with van der Waals surface area (Å²) in [7, 11) is 0. The van der Waals surface area contributed by atoms with Gasteiger partial charge in [0.05, 0.1) is 6.54 Å². The lowest BCUT2D eigenvalue weighted by molar-refractivity contribution is 0.425. The zero-order chi connectivity index (χ0) is 12.1. The molecular formula is C12H12N2S3. The third-order valence-corrected chi connectivity index (χ3v) is 3.72. The number of rotatable bonds is 4. The zero-order valence-electron chi connectivity index (χ0n) is 9.11. The van der Waals surface area contributed by atoms with E-state index >= 15 is 0 Å². The van der Waals surface area contributed by atoms with Crippen molar-refractivity contribution in [2.45, 2.75) is 13.1 Å². The van der Waals surface area contributed by atoms with E-state index in [2.05, 4.69) is 34.0 Å². The molecule has 2 aromatic rings. The molecule has 0 saturated carbocycles. The van der Waals surface area contributed by atoms with E-state index in [-0.39, 0.29) is 0 Å². The molecule has 17 heavy (non-hydrogen) atoms. The first-order valence-electron chi connectivity index (χ1n) is 5.15. The molecule has 0 aliphatic carbocycles. The summed E-state index contributed by atoms with van der Waals surface area (Å²) in [4.78, 5) is 7.36. The van der Waals surface area contributed by atoms with E-state index in [1.165, 1.54) is 10.4 Å². The van der Waals surface area contributed by atoms with E-state index in [4.69, 9.17) is 12.2 Å². The molecule has 2 aromatic heterocycles. The van der Waals surface area contributed by atoms with Crippen molar-refractivity contribution in [2.24, 2.45) is 0 Å². The maximum absolute atomic E-state index is 5.17. The van der Waals surface area contributed by atoms with E-state index in [0.29, 0.717) is 4.32 Å². The molecule has 0 aliphatic rings. The van der Waals surface area contributed by atoms with Crippen molar-refractivity contribution in [3.63, 3.8) is 0 Å². The van der Waals surface area contributed by atoms with Crippen LogP contribution in [0.3, 0.4) is 0 Å². The SMILES string of the molecule is S=C(S)N(Cc1ccncc1)Cc1cccs1. The minimum absolute atomic E-state index is 0.621. The summed E-state index contributed by atoms with van der Waals surface area (Å²) in [5.41, 5.74) is 1.19. The fourth-order valence-corrected chi connectivity index (χ4v) is 2.48. The standard InChI is InChI=1S/C12H12N2S3/c15-12(16)14(9-11-2-1-7-17-11)8-10-3-5-13-6-4-10/h1-7H,8-9H2,(H,15,16). The lowest BCUT2D eigenvalue weighted by Gasteiger charge is -2.21. The molecule has 0 saturated heterocycles. The second-order valence-corrected chi connectivity index (χ2v) is 5.72. The summed E-state index contributed by atoms with van der Waals surface area (Å²) in [6.45, 7) is 1.57. The second kappa shape index (κ2) is 6.14. The lowest BCUT2D eigenvalue weighted by Crippen LogP contribution is -2.24. The summed E-state index contributed by atoms with van der Waals surface area (Å²) in [5, 5.41) is 2.07. The van der Waals surface area contributed by atoms with E-state index in [9.17, 15) is 0 Å². The summed E-state index contributed by atoms with van der Waals surface area (Å²) in [5.74, 6) is 0. The molecule has 0 fully saturated rings. The van der Waals surface area contributed by atoms with Crippen molar-refractivity contribution in [3.8, 4) is 0 Å². The van der Waals surface area contributed by atoms with Gasteiger partial charge in [0.25, 0.3) is 0 Å². The molecular weight excluding hydrogens is 268 g/mol. The summed E-state index contributed by atoms with van der Waals surface area (Å²) in [6, 6.07) is 8.14. The molecule has 0 aliphatic heterocycles. The average molecular weight is 280 g/mol. The predicted octanol–water partition coefficient (Wildman–Crippen LogP) is 3.36. The average Bonchev–Trinajstić information content (AvgIpc) is 2.82. The molecule has 5 heteroatoms. The Bertz CT molecular complexity index is 468. The number of thiocarbonyl (C=S) groups is 1. The van der Waals surface area contributed by atoms with E-state index in [0.717, 1.165) is 13.1 Å². The minimum atomic E-state index is 0.621. The monoisotopic (exact) mass is 280 g/mol. The Hall–Kier alpha value is -0.910. The molecule has 0 aromatic carbocycles. The van der Waals surface area contributed by atoms with Crippen LogP contribution in [0.15, 0.2) is 42.0 Å². The van der Waals surface area contributed by atoms with Crippen LogP contribution in [-0.2, 0) is 13.1 Å². The Morgan fingerprint density at radius 1 is 1.29 bits per heavy atom. The van der Waals surface area contributed by atoms with Crippen LogP contribution in [0.25, 0.3) is 0 Å². The number of pyridine rings is 1. The lowest BCUT2D eigenvalue weighted by atomic mass is 10.2. The van der Waals surface area contributed by atoms with Crippen molar-refractivity contribution in [1.82, 2.24) is 9.88 Å². The number of hydrogen-bond acceptors (Lipinski definition) is 3. The van der Waals surface area contributed by atoms with Gasteiger partial charge in [-0.15, -0.1) is 24.0 Å². The van der Waals surface area contributed by atoms with Gasteiger partial charge < -0.3 is 4.90 Å². The number of hydrogen-bond donors (Lipinski definition) is 1. The fourth-order valence-electron chi connectivity index (χ4n) is 1.49. The number of nitrogens with zero attached hydrogens (tertiary/aromatic N) is 2. The largest absolute Gasteiger partial charge is 0.348 e. The zero-order valence-corrected chi connectivity index (χ0v) is 11.6.